The SMILES string of the molecule is CCN1C=CC(C)(C)N=C1. The molecule has 10 heavy (non-hydrogen) atoms. The van der Waals surface area contributed by atoms with Gasteiger partial charge in [0.1, 0.15) is 0 Å². The van der Waals surface area contributed by atoms with E-state index < -0.39 is 0 Å². The molecule has 56 valence electrons. The molecule has 0 radical (unpaired) electrons. The number of hydrogen-bond donors (Lipinski definition) is 0. The van der Waals surface area contributed by atoms with E-state index in [0.29, 0.717) is 0 Å². The maximum absolute atomic E-state index is 4.33. The van der Waals surface area contributed by atoms with Crippen molar-refractivity contribution in [1.29, 1.82) is 0 Å². The second kappa shape index (κ2) is 2.45. The molecule has 0 fully saturated rings. The third-order valence-corrected chi connectivity index (χ3v) is 1.58. The second-order valence-corrected chi connectivity index (χ2v) is 3.04. The Bertz CT molecular complexity index is 152. The van der Waals surface area contributed by atoms with Gasteiger partial charge in [0.25, 0.3) is 0 Å². The molecular weight excluding hydrogens is 124 g/mol. The van der Waals surface area contributed by atoms with Gasteiger partial charge in [-0.15, -0.1) is 0 Å². The molecule has 0 bridgehead atoms. The zero-order valence-electron chi connectivity index (χ0n) is 6.83. The van der Waals surface area contributed by atoms with E-state index in [2.05, 4.69) is 42.9 Å². The van der Waals surface area contributed by atoms with Gasteiger partial charge in [0, 0.05) is 12.7 Å². The fourth-order valence-corrected chi connectivity index (χ4v) is 0.770. The van der Waals surface area contributed by atoms with Crippen molar-refractivity contribution >= 4 is 6.34 Å². The largest absolute Gasteiger partial charge is 0.340 e. The summed E-state index contributed by atoms with van der Waals surface area (Å²) in [7, 11) is 0. The molecule has 0 saturated carbocycles. The van der Waals surface area contributed by atoms with Crippen LogP contribution in [0.1, 0.15) is 20.8 Å². The lowest BCUT2D eigenvalue weighted by Gasteiger charge is -2.23. The quantitative estimate of drug-likeness (QED) is 0.538. The van der Waals surface area contributed by atoms with Gasteiger partial charge in [-0.1, -0.05) is 0 Å². The minimum absolute atomic E-state index is 0.00562. The Balaban J connectivity index is 2.62. The standard InChI is InChI=1S/C8H14N2/c1-4-10-6-5-8(2,3)9-7-10/h5-7H,4H2,1-3H3. The van der Waals surface area contributed by atoms with E-state index in [1.165, 1.54) is 0 Å². The molecule has 0 aliphatic carbocycles. The number of rotatable bonds is 1. The topological polar surface area (TPSA) is 15.6 Å². The highest BCUT2D eigenvalue weighted by Crippen LogP contribution is 2.13. The van der Waals surface area contributed by atoms with Gasteiger partial charge in [0.2, 0.25) is 0 Å². The second-order valence-electron chi connectivity index (χ2n) is 3.04. The Hall–Kier alpha value is -0.790. The number of hydrogen-bond acceptors (Lipinski definition) is 2. The summed E-state index contributed by atoms with van der Waals surface area (Å²) in [5.74, 6) is 0. The molecule has 0 amide bonds. The predicted octanol–water partition coefficient (Wildman–Crippen LogP) is 1.64. The lowest BCUT2D eigenvalue weighted by molar-refractivity contribution is 0.540. The van der Waals surface area contributed by atoms with Gasteiger partial charge >= 0.3 is 0 Å². The fraction of sp³-hybridized carbons (Fsp3) is 0.625. The van der Waals surface area contributed by atoms with Crippen LogP contribution in [0.15, 0.2) is 17.3 Å². The van der Waals surface area contributed by atoms with Gasteiger partial charge in [-0.3, -0.25) is 4.99 Å². The van der Waals surface area contributed by atoms with Gasteiger partial charge in [-0.05, 0) is 26.8 Å². The van der Waals surface area contributed by atoms with Crippen molar-refractivity contribution in [2.45, 2.75) is 26.3 Å². The highest BCUT2D eigenvalue weighted by atomic mass is 15.2. The zero-order valence-corrected chi connectivity index (χ0v) is 6.83. The van der Waals surface area contributed by atoms with Crippen LogP contribution < -0.4 is 0 Å². The Morgan fingerprint density at radius 3 is 2.60 bits per heavy atom. The van der Waals surface area contributed by atoms with Crippen molar-refractivity contribution in [3.63, 3.8) is 0 Å². The van der Waals surface area contributed by atoms with E-state index in [9.17, 15) is 0 Å². The summed E-state index contributed by atoms with van der Waals surface area (Å²) >= 11 is 0. The molecule has 0 aromatic heterocycles. The Labute approximate surface area is 62.3 Å². The van der Waals surface area contributed by atoms with E-state index in [4.69, 9.17) is 0 Å². The molecule has 0 unspecified atom stereocenters. The lowest BCUT2D eigenvalue weighted by atomic mass is 10.1. The van der Waals surface area contributed by atoms with E-state index in [1.807, 2.05) is 6.34 Å². The molecule has 0 N–H and O–H groups in total. The Kier molecular flexibility index (Phi) is 1.79. The smallest absolute Gasteiger partial charge is 0.0900 e. The molecule has 1 aliphatic rings. The number of nitrogens with zero attached hydrogens (tertiary/aromatic N) is 2. The average molecular weight is 138 g/mol. The molecule has 2 nitrogen and oxygen atoms in total. The first kappa shape index (κ1) is 7.32. The predicted molar refractivity (Wildman–Crippen MR) is 44.1 cm³/mol. The molecule has 0 aromatic rings. The molecular formula is C8H14N2. The van der Waals surface area contributed by atoms with Gasteiger partial charge in [0.05, 0.1) is 11.9 Å². The lowest BCUT2D eigenvalue weighted by Crippen LogP contribution is -2.25. The summed E-state index contributed by atoms with van der Waals surface area (Å²) in [5.41, 5.74) is 0.00562. The first-order chi connectivity index (χ1) is 4.64. The average Bonchev–Trinajstić information content (AvgIpc) is 1.88. The van der Waals surface area contributed by atoms with Crippen LogP contribution in [-0.2, 0) is 0 Å². The Morgan fingerprint density at radius 1 is 1.50 bits per heavy atom. The molecule has 0 spiro atoms. The number of aliphatic imine (C=N–C) groups is 1. The van der Waals surface area contributed by atoms with Crippen molar-refractivity contribution in [2.75, 3.05) is 6.54 Å². The van der Waals surface area contributed by atoms with Crippen LogP contribution in [0.2, 0.25) is 0 Å². The summed E-state index contributed by atoms with van der Waals surface area (Å²) in [4.78, 5) is 6.39. The first-order valence-electron chi connectivity index (χ1n) is 3.64. The highest BCUT2D eigenvalue weighted by Gasteiger charge is 2.13. The van der Waals surface area contributed by atoms with Gasteiger partial charge in [0.15, 0.2) is 0 Å². The van der Waals surface area contributed by atoms with Crippen molar-refractivity contribution in [2.24, 2.45) is 4.99 Å². The van der Waals surface area contributed by atoms with Crippen molar-refractivity contribution < 1.29 is 0 Å². The van der Waals surface area contributed by atoms with Crippen LogP contribution in [0.3, 0.4) is 0 Å². The van der Waals surface area contributed by atoms with Gasteiger partial charge in [-0.2, -0.15) is 0 Å². The summed E-state index contributed by atoms with van der Waals surface area (Å²) in [5, 5.41) is 0. The van der Waals surface area contributed by atoms with Crippen molar-refractivity contribution in [3.8, 4) is 0 Å². The van der Waals surface area contributed by atoms with Gasteiger partial charge < -0.3 is 4.90 Å². The molecule has 1 aliphatic heterocycles. The van der Waals surface area contributed by atoms with Crippen LogP contribution in [-0.4, -0.2) is 23.3 Å². The van der Waals surface area contributed by atoms with Crippen LogP contribution in [0.4, 0.5) is 0 Å². The maximum atomic E-state index is 4.33. The summed E-state index contributed by atoms with van der Waals surface area (Å²) in [6.07, 6.45) is 6.07. The Morgan fingerprint density at radius 2 is 2.20 bits per heavy atom. The summed E-state index contributed by atoms with van der Waals surface area (Å²) < 4.78 is 0. The normalized spacial score (nSPS) is 21.7. The molecule has 0 aromatic carbocycles. The molecule has 0 atom stereocenters. The van der Waals surface area contributed by atoms with Gasteiger partial charge in [-0.25, -0.2) is 0 Å². The van der Waals surface area contributed by atoms with Crippen LogP contribution in [0.25, 0.3) is 0 Å². The third kappa shape index (κ3) is 1.59. The fourth-order valence-electron chi connectivity index (χ4n) is 0.770. The van der Waals surface area contributed by atoms with E-state index >= 15 is 0 Å². The maximum Gasteiger partial charge on any atom is 0.0900 e. The van der Waals surface area contributed by atoms with E-state index in [1.54, 1.807) is 0 Å². The molecule has 1 rings (SSSR count). The van der Waals surface area contributed by atoms with Crippen LogP contribution in [0.5, 0.6) is 0 Å². The highest BCUT2D eigenvalue weighted by molar-refractivity contribution is 5.59. The zero-order chi connectivity index (χ0) is 7.61. The van der Waals surface area contributed by atoms with Crippen LogP contribution >= 0.6 is 0 Å². The monoisotopic (exact) mass is 138 g/mol. The first-order valence-corrected chi connectivity index (χ1v) is 3.64. The summed E-state index contributed by atoms with van der Waals surface area (Å²) in [6, 6.07) is 0. The summed E-state index contributed by atoms with van der Waals surface area (Å²) in [6.45, 7) is 7.28. The van der Waals surface area contributed by atoms with Crippen molar-refractivity contribution in [3.05, 3.63) is 12.3 Å². The van der Waals surface area contributed by atoms with E-state index in [-0.39, 0.29) is 5.54 Å². The minimum atomic E-state index is 0.00562. The minimum Gasteiger partial charge on any atom is -0.340 e. The molecule has 1 heterocycles. The van der Waals surface area contributed by atoms with E-state index in [0.717, 1.165) is 6.54 Å². The molecule has 2 heteroatoms. The van der Waals surface area contributed by atoms with Crippen LogP contribution in [0, 0.1) is 0 Å². The van der Waals surface area contributed by atoms with Crippen molar-refractivity contribution in [1.82, 2.24) is 4.90 Å². The third-order valence-electron chi connectivity index (χ3n) is 1.58. The molecule has 0 saturated heterocycles.